The van der Waals surface area contributed by atoms with Crippen molar-refractivity contribution in [3.8, 4) is 0 Å². The number of rotatable bonds is 3. The number of primary amides is 1. The molecule has 0 aliphatic carbocycles. The molecule has 1 aliphatic heterocycles. The number of hydrogen-bond donors (Lipinski definition) is 1. The summed E-state index contributed by atoms with van der Waals surface area (Å²) in [6.45, 7) is 2.17. The van der Waals surface area contributed by atoms with Gasteiger partial charge < -0.3 is 10.5 Å². The van der Waals surface area contributed by atoms with Crippen molar-refractivity contribution >= 4 is 17.5 Å². The number of halogens is 1. The second-order valence-corrected chi connectivity index (χ2v) is 4.30. The van der Waals surface area contributed by atoms with Crippen LogP contribution in [-0.4, -0.2) is 41.6 Å². The zero-order chi connectivity index (χ0) is 12.3. The van der Waals surface area contributed by atoms with E-state index in [1.165, 1.54) is 0 Å². The number of pyridine rings is 1. The van der Waals surface area contributed by atoms with E-state index in [1.807, 2.05) is 17.0 Å². The standard InChI is InChI=1S/C11H14ClN3O2/c12-10-3-1-2-8(14-10)6-15-4-5-17-7-9(15)11(13)16/h1-3,9H,4-7H2,(H2,13,16). The van der Waals surface area contributed by atoms with Gasteiger partial charge in [-0.3, -0.25) is 9.69 Å². The third kappa shape index (κ3) is 3.15. The Kier molecular flexibility index (Phi) is 3.93. The summed E-state index contributed by atoms with van der Waals surface area (Å²) in [6.07, 6.45) is 0. The Morgan fingerprint density at radius 2 is 2.47 bits per heavy atom. The van der Waals surface area contributed by atoms with Gasteiger partial charge in [-0.15, -0.1) is 0 Å². The van der Waals surface area contributed by atoms with Crippen LogP contribution in [0.25, 0.3) is 0 Å². The predicted molar refractivity (Wildman–Crippen MR) is 63.5 cm³/mol. The van der Waals surface area contributed by atoms with Crippen LogP contribution in [0, 0.1) is 0 Å². The molecule has 6 heteroatoms. The molecule has 92 valence electrons. The molecule has 2 rings (SSSR count). The fourth-order valence-corrected chi connectivity index (χ4v) is 2.02. The monoisotopic (exact) mass is 255 g/mol. The van der Waals surface area contributed by atoms with Crippen LogP contribution in [0.5, 0.6) is 0 Å². The van der Waals surface area contributed by atoms with E-state index in [1.54, 1.807) is 6.07 Å². The van der Waals surface area contributed by atoms with Gasteiger partial charge in [0.15, 0.2) is 0 Å². The fourth-order valence-electron chi connectivity index (χ4n) is 1.84. The molecule has 1 unspecified atom stereocenters. The zero-order valence-electron chi connectivity index (χ0n) is 9.30. The molecule has 2 N–H and O–H groups in total. The highest BCUT2D eigenvalue weighted by Crippen LogP contribution is 2.12. The molecule has 0 aromatic carbocycles. The second kappa shape index (κ2) is 5.44. The largest absolute Gasteiger partial charge is 0.378 e. The first-order valence-electron chi connectivity index (χ1n) is 5.39. The number of aromatic nitrogens is 1. The topological polar surface area (TPSA) is 68.5 Å². The molecular formula is C11H14ClN3O2. The van der Waals surface area contributed by atoms with E-state index >= 15 is 0 Å². The van der Waals surface area contributed by atoms with Gasteiger partial charge in [0.1, 0.15) is 11.2 Å². The molecule has 1 amide bonds. The summed E-state index contributed by atoms with van der Waals surface area (Å²) in [5.41, 5.74) is 6.16. The SMILES string of the molecule is NC(=O)C1COCCN1Cc1cccc(Cl)n1. The van der Waals surface area contributed by atoms with Gasteiger partial charge in [-0.05, 0) is 12.1 Å². The van der Waals surface area contributed by atoms with Crippen LogP contribution < -0.4 is 5.73 Å². The van der Waals surface area contributed by atoms with Gasteiger partial charge in [-0.25, -0.2) is 4.98 Å². The maximum atomic E-state index is 11.3. The molecule has 0 bridgehead atoms. The maximum Gasteiger partial charge on any atom is 0.237 e. The number of morpholine rings is 1. The molecule has 0 radical (unpaired) electrons. The van der Waals surface area contributed by atoms with E-state index in [0.29, 0.717) is 31.5 Å². The summed E-state index contributed by atoms with van der Waals surface area (Å²) in [5.74, 6) is -0.369. The molecule has 1 fully saturated rings. The highest BCUT2D eigenvalue weighted by Gasteiger charge is 2.27. The van der Waals surface area contributed by atoms with Crippen molar-refractivity contribution in [3.05, 3.63) is 29.0 Å². The van der Waals surface area contributed by atoms with Crippen molar-refractivity contribution in [2.45, 2.75) is 12.6 Å². The van der Waals surface area contributed by atoms with Crippen LogP contribution in [0.4, 0.5) is 0 Å². The first-order chi connectivity index (χ1) is 8.16. The van der Waals surface area contributed by atoms with Gasteiger partial charge in [0.25, 0.3) is 0 Å². The summed E-state index contributed by atoms with van der Waals surface area (Å²) < 4.78 is 5.25. The maximum absolute atomic E-state index is 11.3. The third-order valence-corrected chi connectivity index (χ3v) is 2.92. The number of ether oxygens (including phenoxy) is 1. The Hall–Kier alpha value is -1.17. The van der Waals surface area contributed by atoms with E-state index < -0.39 is 0 Å². The summed E-state index contributed by atoms with van der Waals surface area (Å²) in [7, 11) is 0. The average Bonchev–Trinajstić information content (AvgIpc) is 2.29. The van der Waals surface area contributed by atoms with Crippen molar-refractivity contribution < 1.29 is 9.53 Å². The lowest BCUT2D eigenvalue weighted by molar-refractivity contribution is -0.129. The lowest BCUT2D eigenvalue weighted by Gasteiger charge is -2.33. The van der Waals surface area contributed by atoms with Gasteiger partial charge in [-0.1, -0.05) is 17.7 Å². The van der Waals surface area contributed by atoms with Gasteiger partial charge >= 0.3 is 0 Å². The van der Waals surface area contributed by atoms with Crippen molar-refractivity contribution in [1.82, 2.24) is 9.88 Å². The number of carbonyl (C=O) groups is 1. The molecule has 0 spiro atoms. The Bertz CT molecular complexity index is 413. The molecular weight excluding hydrogens is 242 g/mol. The summed E-state index contributed by atoms with van der Waals surface area (Å²) in [6, 6.07) is 5.05. The highest BCUT2D eigenvalue weighted by atomic mass is 35.5. The van der Waals surface area contributed by atoms with E-state index in [-0.39, 0.29) is 11.9 Å². The predicted octanol–water partition coefficient (Wildman–Crippen LogP) is 0.421. The van der Waals surface area contributed by atoms with Crippen LogP contribution in [0.2, 0.25) is 5.15 Å². The Morgan fingerprint density at radius 3 is 3.18 bits per heavy atom. The third-order valence-electron chi connectivity index (χ3n) is 2.71. The fraction of sp³-hybridized carbons (Fsp3) is 0.455. The van der Waals surface area contributed by atoms with Crippen molar-refractivity contribution in [2.24, 2.45) is 5.73 Å². The summed E-state index contributed by atoms with van der Waals surface area (Å²) in [5, 5.41) is 0.450. The number of carbonyl (C=O) groups excluding carboxylic acids is 1. The number of nitrogens with two attached hydrogens (primary N) is 1. The summed E-state index contributed by atoms with van der Waals surface area (Å²) in [4.78, 5) is 17.4. The van der Waals surface area contributed by atoms with Gasteiger partial charge in [0, 0.05) is 13.1 Å². The average molecular weight is 256 g/mol. The van der Waals surface area contributed by atoms with Crippen molar-refractivity contribution in [1.29, 1.82) is 0 Å². The molecule has 1 aliphatic rings. The lowest BCUT2D eigenvalue weighted by Crippen LogP contribution is -2.51. The number of amides is 1. The second-order valence-electron chi connectivity index (χ2n) is 3.92. The quantitative estimate of drug-likeness (QED) is 0.795. The van der Waals surface area contributed by atoms with E-state index in [2.05, 4.69) is 4.98 Å². The van der Waals surface area contributed by atoms with E-state index in [4.69, 9.17) is 22.1 Å². The first kappa shape index (κ1) is 12.3. The zero-order valence-corrected chi connectivity index (χ0v) is 10.1. The molecule has 0 saturated carbocycles. The Balaban J connectivity index is 2.08. The van der Waals surface area contributed by atoms with Gasteiger partial charge in [0.2, 0.25) is 5.91 Å². The van der Waals surface area contributed by atoms with Crippen LogP contribution in [0.15, 0.2) is 18.2 Å². The lowest BCUT2D eigenvalue weighted by atomic mass is 10.2. The van der Waals surface area contributed by atoms with Crippen molar-refractivity contribution in [3.63, 3.8) is 0 Å². The molecule has 5 nitrogen and oxygen atoms in total. The first-order valence-corrected chi connectivity index (χ1v) is 5.77. The smallest absolute Gasteiger partial charge is 0.237 e. The van der Waals surface area contributed by atoms with Gasteiger partial charge in [0.05, 0.1) is 18.9 Å². The normalized spacial score (nSPS) is 21.4. The van der Waals surface area contributed by atoms with E-state index in [9.17, 15) is 4.79 Å². The van der Waals surface area contributed by atoms with Crippen LogP contribution in [-0.2, 0) is 16.1 Å². The van der Waals surface area contributed by atoms with Crippen LogP contribution in [0.1, 0.15) is 5.69 Å². The molecule has 1 atom stereocenters. The van der Waals surface area contributed by atoms with Crippen LogP contribution in [0.3, 0.4) is 0 Å². The van der Waals surface area contributed by atoms with Crippen LogP contribution >= 0.6 is 11.6 Å². The Labute approximate surface area is 105 Å². The number of hydrogen-bond acceptors (Lipinski definition) is 4. The highest BCUT2D eigenvalue weighted by molar-refractivity contribution is 6.29. The van der Waals surface area contributed by atoms with E-state index in [0.717, 1.165) is 5.69 Å². The molecule has 1 aromatic rings. The number of nitrogens with zero attached hydrogens (tertiary/aromatic N) is 2. The molecule has 17 heavy (non-hydrogen) atoms. The minimum atomic E-state index is -0.385. The minimum absolute atomic E-state index is 0.343. The minimum Gasteiger partial charge on any atom is -0.378 e. The molecule has 1 saturated heterocycles. The molecule has 1 aromatic heterocycles. The van der Waals surface area contributed by atoms with Gasteiger partial charge in [-0.2, -0.15) is 0 Å². The Morgan fingerprint density at radius 1 is 1.65 bits per heavy atom. The van der Waals surface area contributed by atoms with Crippen molar-refractivity contribution in [2.75, 3.05) is 19.8 Å². The summed E-state index contributed by atoms with van der Waals surface area (Å²) >= 11 is 5.82. The molecule has 2 heterocycles.